The van der Waals surface area contributed by atoms with Gasteiger partial charge >= 0.3 is 6.09 Å². The average molecular weight is 295 g/mol. The molecule has 1 unspecified atom stereocenters. The molecule has 0 radical (unpaired) electrons. The Bertz CT molecular complexity index is 413. The van der Waals surface area contributed by atoms with Crippen molar-refractivity contribution in [2.75, 3.05) is 32.6 Å². The molecular formula is C11H21NO6S. The van der Waals surface area contributed by atoms with Crippen molar-refractivity contribution in [3.8, 4) is 0 Å². The van der Waals surface area contributed by atoms with E-state index in [1.165, 1.54) is 4.90 Å². The van der Waals surface area contributed by atoms with Gasteiger partial charge in [0.05, 0.1) is 26.0 Å². The van der Waals surface area contributed by atoms with Crippen LogP contribution in [-0.4, -0.2) is 63.7 Å². The van der Waals surface area contributed by atoms with E-state index in [-0.39, 0.29) is 13.2 Å². The Balaban J connectivity index is 2.65. The van der Waals surface area contributed by atoms with Crippen LogP contribution in [-0.2, 0) is 23.8 Å². The second-order valence-corrected chi connectivity index (χ2v) is 7.02. The molecule has 1 atom stereocenters. The first kappa shape index (κ1) is 16.2. The molecule has 8 heteroatoms. The number of carbonyl (C=O) groups is 1. The maximum atomic E-state index is 11.9. The quantitative estimate of drug-likeness (QED) is 0.694. The van der Waals surface area contributed by atoms with Crippen LogP contribution in [0.2, 0.25) is 0 Å². The Kier molecular flexibility index (Phi) is 5.17. The molecule has 1 amide bonds. The first-order valence-corrected chi connectivity index (χ1v) is 7.82. The van der Waals surface area contributed by atoms with E-state index >= 15 is 0 Å². The van der Waals surface area contributed by atoms with Gasteiger partial charge in [-0.2, -0.15) is 8.42 Å². The van der Waals surface area contributed by atoms with Crippen LogP contribution in [0.5, 0.6) is 0 Å². The molecule has 0 aliphatic carbocycles. The van der Waals surface area contributed by atoms with Crippen molar-refractivity contribution in [1.29, 1.82) is 0 Å². The Hall–Kier alpha value is -0.860. The van der Waals surface area contributed by atoms with Gasteiger partial charge in [0.25, 0.3) is 10.1 Å². The zero-order chi connectivity index (χ0) is 14.7. The lowest BCUT2D eigenvalue weighted by Gasteiger charge is -2.27. The number of nitrogens with zero attached hydrogens (tertiary/aromatic N) is 1. The van der Waals surface area contributed by atoms with Crippen molar-refractivity contribution in [3.63, 3.8) is 0 Å². The number of ether oxygens (including phenoxy) is 2. The van der Waals surface area contributed by atoms with Gasteiger partial charge in [0.15, 0.2) is 0 Å². The fourth-order valence-electron chi connectivity index (χ4n) is 1.58. The molecule has 0 aromatic carbocycles. The van der Waals surface area contributed by atoms with Crippen LogP contribution < -0.4 is 0 Å². The molecule has 0 bridgehead atoms. The van der Waals surface area contributed by atoms with Crippen molar-refractivity contribution < 1.29 is 26.9 Å². The summed E-state index contributed by atoms with van der Waals surface area (Å²) in [6.45, 7) is 6.23. The fourth-order valence-corrected chi connectivity index (χ4v) is 2.19. The SMILES string of the molecule is CC(C)(C)OC(=O)N1CCOCC(OS(C)(=O)=O)C1. The standard InChI is InChI=1S/C11H21NO6S/c1-11(2,3)17-10(13)12-5-6-16-8-9(7-12)18-19(4,14)15/h9H,5-8H2,1-4H3. The van der Waals surface area contributed by atoms with Crippen LogP contribution in [0.15, 0.2) is 0 Å². The third-order valence-electron chi connectivity index (χ3n) is 2.20. The molecule has 1 aliphatic heterocycles. The summed E-state index contributed by atoms with van der Waals surface area (Å²) in [5, 5.41) is 0. The van der Waals surface area contributed by atoms with E-state index in [1.54, 1.807) is 20.8 Å². The summed E-state index contributed by atoms with van der Waals surface area (Å²) >= 11 is 0. The molecule has 7 nitrogen and oxygen atoms in total. The second-order valence-electron chi connectivity index (χ2n) is 5.42. The number of carbonyl (C=O) groups excluding carboxylic acids is 1. The van der Waals surface area contributed by atoms with Crippen LogP contribution in [0, 0.1) is 0 Å². The molecule has 1 heterocycles. The second kappa shape index (κ2) is 6.06. The van der Waals surface area contributed by atoms with Crippen molar-refractivity contribution >= 4 is 16.2 Å². The maximum Gasteiger partial charge on any atom is 0.410 e. The van der Waals surface area contributed by atoms with Gasteiger partial charge in [-0.05, 0) is 20.8 Å². The van der Waals surface area contributed by atoms with Gasteiger partial charge in [0.2, 0.25) is 0 Å². The Morgan fingerprint density at radius 2 is 2.00 bits per heavy atom. The first-order valence-electron chi connectivity index (χ1n) is 6.01. The molecule has 1 saturated heterocycles. The van der Waals surface area contributed by atoms with Crippen molar-refractivity contribution in [3.05, 3.63) is 0 Å². The molecule has 0 aromatic heterocycles. The highest BCUT2D eigenvalue weighted by atomic mass is 32.2. The van der Waals surface area contributed by atoms with Crippen molar-refractivity contribution in [2.45, 2.75) is 32.5 Å². The highest BCUT2D eigenvalue weighted by Gasteiger charge is 2.28. The topological polar surface area (TPSA) is 82.1 Å². The van der Waals surface area contributed by atoms with Crippen LogP contribution in [0.3, 0.4) is 0 Å². The molecule has 0 saturated carbocycles. The molecule has 1 fully saturated rings. The predicted molar refractivity (Wildman–Crippen MR) is 68.3 cm³/mol. The van der Waals surface area contributed by atoms with E-state index < -0.39 is 27.9 Å². The average Bonchev–Trinajstić information content (AvgIpc) is 2.38. The van der Waals surface area contributed by atoms with E-state index in [0.29, 0.717) is 13.2 Å². The predicted octanol–water partition coefficient (Wildman–Crippen LogP) is 0.599. The molecule has 0 N–H and O–H groups in total. The summed E-state index contributed by atoms with van der Waals surface area (Å²) in [6, 6.07) is 0. The van der Waals surface area contributed by atoms with Gasteiger partial charge in [-0.25, -0.2) is 4.79 Å². The molecule has 1 rings (SSSR count). The lowest BCUT2D eigenvalue weighted by molar-refractivity contribution is 0.0206. The Morgan fingerprint density at radius 1 is 1.37 bits per heavy atom. The smallest absolute Gasteiger partial charge is 0.410 e. The van der Waals surface area contributed by atoms with E-state index in [2.05, 4.69) is 0 Å². The van der Waals surface area contributed by atoms with Gasteiger partial charge in [-0.3, -0.25) is 4.18 Å². The number of amides is 1. The van der Waals surface area contributed by atoms with E-state index in [9.17, 15) is 13.2 Å². The Labute approximate surface area is 113 Å². The molecule has 112 valence electrons. The number of hydrogen-bond acceptors (Lipinski definition) is 6. The molecule has 0 aromatic rings. The number of rotatable bonds is 2. The lowest BCUT2D eigenvalue weighted by Crippen LogP contribution is -2.42. The summed E-state index contributed by atoms with van der Waals surface area (Å²) in [4.78, 5) is 13.3. The van der Waals surface area contributed by atoms with Crippen molar-refractivity contribution in [1.82, 2.24) is 4.90 Å². The summed E-state index contributed by atoms with van der Waals surface area (Å²) < 4.78 is 37.5. The van der Waals surface area contributed by atoms with Gasteiger partial charge < -0.3 is 14.4 Å². The minimum Gasteiger partial charge on any atom is -0.444 e. The van der Waals surface area contributed by atoms with E-state index in [0.717, 1.165) is 6.26 Å². The van der Waals surface area contributed by atoms with Gasteiger partial charge in [-0.15, -0.1) is 0 Å². The zero-order valence-electron chi connectivity index (χ0n) is 11.7. The summed E-state index contributed by atoms with van der Waals surface area (Å²) in [5.41, 5.74) is -0.600. The zero-order valence-corrected chi connectivity index (χ0v) is 12.5. The molecule has 19 heavy (non-hydrogen) atoms. The number of hydrogen-bond donors (Lipinski definition) is 0. The van der Waals surface area contributed by atoms with Gasteiger partial charge in [-0.1, -0.05) is 0 Å². The van der Waals surface area contributed by atoms with Crippen LogP contribution in [0.4, 0.5) is 4.79 Å². The largest absolute Gasteiger partial charge is 0.444 e. The highest BCUT2D eigenvalue weighted by Crippen LogP contribution is 2.13. The lowest BCUT2D eigenvalue weighted by atomic mass is 10.2. The molecule has 0 spiro atoms. The van der Waals surface area contributed by atoms with E-state index in [4.69, 9.17) is 13.7 Å². The summed E-state index contributed by atoms with van der Waals surface area (Å²) in [5.74, 6) is 0. The third kappa shape index (κ3) is 6.74. The minimum absolute atomic E-state index is 0.127. The van der Waals surface area contributed by atoms with E-state index in [1.807, 2.05) is 0 Å². The van der Waals surface area contributed by atoms with Crippen LogP contribution >= 0.6 is 0 Å². The minimum atomic E-state index is -3.58. The monoisotopic (exact) mass is 295 g/mol. The van der Waals surface area contributed by atoms with Gasteiger partial charge in [0, 0.05) is 6.54 Å². The molecular weight excluding hydrogens is 274 g/mol. The van der Waals surface area contributed by atoms with Crippen LogP contribution in [0.1, 0.15) is 20.8 Å². The van der Waals surface area contributed by atoms with Crippen LogP contribution in [0.25, 0.3) is 0 Å². The first-order chi connectivity index (χ1) is 8.57. The Morgan fingerprint density at radius 3 is 2.53 bits per heavy atom. The summed E-state index contributed by atoms with van der Waals surface area (Å²) in [6.07, 6.45) is -0.236. The normalized spacial score (nSPS) is 21.9. The summed E-state index contributed by atoms with van der Waals surface area (Å²) in [7, 11) is -3.58. The molecule has 1 aliphatic rings. The van der Waals surface area contributed by atoms with Crippen molar-refractivity contribution in [2.24, 2.45) is 0 Å². The highest BCUT2D eigenvalue weighted by molar-refractivity contribution is 7.86. The maximum absolute atomic E-state index is 11.9. The van der Waals surface area contributed by atoms with Gasteiger partial charge in [0.1, 0.15) is 11.7 Å². The fraction of sp³-hybridized carbons (Fsp3) is 0.909. The third-order valence-corrected chi connectivity index (χ3v) is 2.82.